The van der Waals surface area contributed by atoms with Gasteiger partial charge in [-0.2, -0.15) is 0 Å². The van der Waals surface area contributed by atoms with Gasteiger partial charge in [0.25, 0.3) is 0 Å². The van der Waals surface area contributed by atoms with Crippen LogP contribution in [0.3, 0.4) is 0 Å². The highest BCUT2D eigenvalue weighted by Crippen LogP contribution is 2.51. The average Bonchev–Trinajstić information content (AvgIpc) is 2.79. The molecule has 14 heavy (non-hydrogen) atoms. The Kier molecular flexibility index (Phi) is 1.88. The SMILES string of the molecule is N[C@@H]1C2CCC(C2)[C@H]1c1ccccc1. The molecular weight excluding hydrogens is 170 g/mol. The lowest BCUT2D eigenvalue weighted by molar-refractivity contribution is 0.366. The molecule has 4 atom stereocenters. The summed E-state index contributed by atoms with van der Waals surface area (Å²) >= 11 is 0. The first-order chi connectivity index (χ1) is 6.86. The van der Waals surface area contributed by atoms with Crippen LogP contribution in [0.25, 0.3) is 0 Å². The van der Waals surface area contributed by atoms with Gasteiger partial charge in [-0.25, -0.2) is 0 Å². The van der Waals surface area contributed by atoms with Crippen LogP contribution in [0.5, 0.6) is 0 Å². The van der Waals surface area contributed by atoms with Crippen molar-refractivity contribution in [3.8, 4) is 0 Å². The summed E-state index contributed by atoms with van der Waals surface area (Å²) in [4.78, 5) is 0. The number of nitrogens with two attached hydrogens (primary N) is 1. The Hall–Kier alpha value is -0.820. The molecule has 0 spiro atoms. The van der Waals surface area contributed by atoms with Crippen molar-refractivity contribution in [1.82, 2.24) is 0 Å². The van der Waals surface area contributed by atoms with E-state index in [1.54, 1.807) is 0 Å². The Morgan fingerprint density at radius 3 is 2.36 bits per heavy atom. The van der Waals surface area contributed by atoms with E-state index in [4.69, 9.17) is 5.73 Å². The number of hydrogen-bond donors (Lipinski definition) is 1. The van der Waals surface area contributed by atoms with E-state index in [1.807, 2.05) is 0 Å². The lowest BCUT2D eigenvalue weighted by Crippen LogP contribution is -2.33. The summed E-state index contributed by atoms with van der Waals surface area (Å²) in [6.45, 7) is 0. The minimum atomic E-state index is 0.427. The first-order valence-electron chi connectivity index (χ1n) is 5.67. The molecule has 1 nitrogen and oxygen atoms in total. The highest BCUT2D eigenvalue weighted by atomic mass is 14.7. The summed E-state index contributed by atoms with van der Waals surface area (Å²) in [6, 6.07) is 11.3. The quantitative estimate of drug-likeness (QED) is 0.718. The molecule has 0 radical (unpaired) electrons. The molecule has 2 saturated carbocycles. The molecule has 0 aromatic heterocycles. The molecule has 0 saturated heterocycles. The Labute approximate surface area is 85.3 Å². The van der Waals surface area contributed by atoms with Gasteiger partial charge in [0.2, 0.25) is 0 Å². The van der Waals surface area contributed by atoms with Gasteiger partial charge in [-0.3, -0.25) is 0 Å². The van der Waals surface area contributed by atoms with Crippen molar-refractivity contribution < 1.29 is 0 Å². The Bertz CT molecular complexity index is 317. The zero-order chi connectivity index (χ0) is 9.54. The molecular formula is C13H17N. The van der Waals surface area contributed by atoms with Crippen LogP contribution >= 0.6 is 0 Å². The van der Waals surface area contributed by atoms with E-state index >= 15 is 0 Å². The van der Waals surface area contributed by atoms with Gasteiger partial charge in [-0.1, -0.05) is 30.3 Å². The van der Waals surface area contributed by atoms with Crippen molar-refractivity contribution in [2.45, 2.75) is 31.2 Å². The van der Waals surface area contributed by atoms with Crippen LogP contribution in [0.2, 0.25) is 0 Å². The van der Waals surface area contributed by atoms with Crippen molar-refractivity contribution in [2.75, 3.05) is 0 Å². The maximum absolute atomic E-state index is 6.30. The number of rotatable bonds is 1. The largest absolute Gasteiger partial charge is 0.327 e. The summed E-state index contributed by atoms with van der Waals surface area (Å²) in [7, 11) is 0. The van der Waals surface area contributed by atoms with Crippen LogP contribution in [0.4, 0.5) is 0 Å². The summed E-state index contributed by atoms with van der Waals surface area (Å²) in [5, 5.41) is 0. The van der Waals surface area contributed by atoms with Crippen LogP contribution in [-0.4, -0.2) is 6.04 Å². The first-order valence-corrected chi connectivity index (χ1v) is 5.67. The van der Waals surface area contributed by atoms with E-state index in [-0.39, 0.29) is 0 Å². The minimum Gasteiger partial charge on any atom is -0.327 e. The lowest BCUT2D eigenvalue weighted by Gasteiger charge is -2.28. The minimum absolute atomic E-state index is 0.427. The van der Waals surface area contributed by atoms with Crippen LogP contribution in [-0.2, 0) is 0 Å². The fraction of sp³-hybridized carbons (Fsp3) is 0.538. The maximum atomic E-state index is 6.30. The molecule has 3 rings (SSSR count). The first kappa shape index (κ1) is 8.49. The average molecular weight is 187 g/mol. The molecule has 2 unspecified atom stereocenters. The van der Waals surface area contributed by atoms with E-state index in [1.165, 1.54) is 24.8 Å². The highest BCUT2D eigenvalue weighted by Gasteiger charge is 2.46. The summed E-state index contributed by atoms with van der Waals surface area (Å²) in [6.07, 6.45) is 4.15. The van der Waals surface area contributed by atoms with Crippen molar-refractivity contribution in [2.24, 2.45) is 17.6 Å². The molecule has 2 aliphatic carbocycles. The summed E-state index contributed by atoms with van der Waals surface area (Å²) in [5.41, 5.74) is 7.76. The maximum Gasteiger partial charge on any atom is 0.0139 e. The van der Waals surface area contributed by atoms with E-state index in [9.17, 15) is 0 Å². The predicted octanol–water partition coefficient (Wildman–Crippen LogP) is 2.53. The smallest absolute Gasteiger partial charge is 0.0139 e. The van der Waals surface area contributed by atoms with Gasteiger partial charge in [-0.05, 0) is 36.7 Å². The molecule has 1 heteroatoms. The fourth-order valence-electron chi connectivity index (χ4n) is 3.51. The molecule has 0 aliphatic heterocycles. The van der Waals surface area contributed by atoms with Crippen LogP contribution in [0.15, 0.2) is 30.3 Å². The standard InChI is InChI=1S/C13H17N/c14-13-11-7-6-10(8-11)12(13)9-4-2-1-3-5-9/h1-5,10-13H,6-8,14H2/t10?,11?,12-,13-/m1/s1. The van der Waals surface area contributed by atoms with Gasteiger partial charge in [-0.15, -0.1) is 0 Å². The Balaban J connectivity index is 1.93. The van der Waals surface area contributed by atoms with Crippen molar-refractivity contribution in [3.63, 3.8) is 0 Å². The van der Waals surface area contributed by atoms with Gasteiger partial charge in [0.15, 0.2) is 0 Å². The van der Waals surface area contributed by atoms with Crippen molar-refractivity contribution in [1.29, 1.82) is 0 Å². The summed E-state index contributed by atoms with van der Waals surface area (Å²) < 4.78 is 0. The van der Waals surface area contributed by atoms with Gasteiger partial charge in [0.1, 0.15) is 0 Å². The van der Waals surface area contributed by atoms with Gasteiger partial charge >= 0.3 is 0 Å². The van der Waals surface area contributed by atoms with E-state index in [0.717, 1.165) is 11.8 Å². The summed E-state index contributed by atoms with van der Waals surface area (Å²) in [5.74, 6) is 2.33. The molecule has 1 aromatic carbocycles. The normalized spacial score (nSPS) is 40.4. The lowest BCUT2D eigenvalue weighted by atomic mass is 9.80. The second-order valence-electron chi connectivity index (χ2n) is 4.85. The van der Waals surface area contributed by atoms with Crippen LogP contribution < -0.4 is 5.73 Å². The molecule has 0 amide bonds. The third kappa shape index (κ3) is 1.12. The number of hydrogen-bond acceptors (Lipinski definition) is 1. The van der Waals surface area contributed by atoms with E-state index in [0.29, 0.717) is 12.0 Å². The Morgan fingerprint density at radius 2 is 1.71 bits per heavy atom. The molecule has 0 heterocycles. The second-order valence-corrected chi connectivity index (χ2v) is 4.85. The topological polar surface area (TPSA) is 26.0 Å². The monoisotopic (exact) mass is 187 g/mol. The molecule has 2 N–H and O–H groups in total. The third-order valence-corrected chi connectivity index (χ3v) is 4.17. The van der Waals surface area contributed by atoms with Crippen LogP contribution in [0.1, 0.15) is 30.7 Å². The van der Waals surface area contributed by atoms with E-state index < -0.39 is 0 Å². The third-order valence-electron chi connectivity index (χ3n) is 4.17. The second kappa shape index (κ2) is 3.09. The van der Waals surface area contributed by atoms with Gasteiger partial charge in [0, 0.05) is 12.0 Å². The van der Waals surface area contributed by atoms with Crippen LogP contribution in [0, 0.1) is 11.8 Å². The highest BCUT2D eigenvalue weighted by molar-refractivity contribution is 5.25. The molecule has 2 aliphatic rings. The predicted molar refractivity (Wildman–Crippen MR) is 58.0 cm³/mol. The molecule has 1 aromatic rings. The zero-order valence-corrected chi connectivity index (χ0v) is 8.39. The van der Waals surface area contributed by atoms with Crippen molar-refractivity contribution in [3.05, 3.63) is 35.9 Å². The van der Waals surface area contributed by atoms with Crippen molar-refractivity contribution >= 4 is 0 Å². The van der Waals surface area contributed by atoms with Gasteiger partial charge in [0.05, 0.1) is 0 Å². The fourth-order valence-corrected chi connectivity index (χ4v) is 3.51. The molecule has 74 valence electrons. The Morgan fingerprint density at radius 1 is 1.00 bits per heavy atom. The zero-order valence-electron chi connectivity index (χ0n) is 8.39. The van der Waals surface area contributed by atoms with Gasteiger partial charge < -0.3 is 5.73 Å². The number of benzene rings is 1. The number of fused-ring (bicyclic) bond motifs is 2. The molecule has 2 bridgehead atoms. The molecule has 2 fully saturated rings. The van der Waals surface area contributed by atoms with E-state index in [2.05, 4.69) is 30.3 Å².